The summed E-state index contributed by atoms with van der Waals surface area (Å²) in [5, 5.41) is 18.0. The van der Waals surface area contributed by atoms with E-state index < -0.39 is 0 Å². The predicted octanol–water partition coefficient (Wildman–Crippen LogP) is 3.40. The maximum atomic E-state index is 9.96. The zero-order valence-corrected chi connectivity index (χ0v) is 13.3. The van der Waals surface area contributed by atoms with Gasteiger partial charge in [-0.25, -0.2) is 0 Å². The predicted molar refractivity (Wildman–Crippen MR) is 97.8 cm³/mol. The lowest BCUT2D eigenvalue weighted by Gasteiger charge is -2.05. The molecule has 0 saturated carbocycles. The number of aromatic hydroxyl groups is 1. The van der Waals surface area contributed by atoms with Crippen LogP contribution in [0.25, 0.3) is 17.3 Å². The van der Waals surface area contributed by atoms with Gasteiger partial charge in [0.15, 0.2) is 5.82 Å². The summed E-state index contributed by atoms with van der Waals surface area (Å²) < 4.78 is 0. The zero-order chi connectivity index (χ0) is 16.9. The standard InChI is InChI=1S/C19H18N4O/c1-13-6-7-14(10-11-21-13)8-9-15-12-17(22-23-19(15)20)16-4-2-3-5-18(16)24/h2-13,24H,1H3,(H2,20,23)/b9-8+. The van der Waals surface area contributed by atoms with E-state index in [4.69, 9.17) is 5.73 Å². The number of hydrogen-bond donors (Lipinski definition) is 2. The second-order valence-electron chi connectivity index (χ2n) is 5.49. The molecule has 5 nitrogen and oxygen atoms in total. The third kappa shape index (κ3) is 3.57. The monoisotopic (exact) mass is 318 g/mol. The van der Waals surface area contributed by atoms with Gasteiger partial charge in [-0.15, -0.1) is 10.2 Å². The Balaban J connectivity index is 1.92. The molecule has 1 aromatic heterocycles. The van der Waals surface area contributed by atoms with Crippen molar-refractivity contribution in [2.24, 2.45) is 4.99 Å². The van der Waals surface area contributed by atoms with E-state index in [1.165, 1.54) is 0 Å². The van der Waals surface area contributed by atoms with Crippen molar-refractivity contribution in [3.63, 3.8) is 0 Å². The fourth-order valence-corrected chi connectivity index (χ4v) is 2.29. The van der Waals surface area contributed by atoms with Crippen LogP contribution in [0, 0.1) is 0 Å². The Morgan fingerprint density at radius 3 is 2.83 bits per heavy atom. The number of allylic oxidation sites excluding steroid dienone is 4. The van der Waals surface area contributed by atoms with Gasteiger partial charge in [0.1, 0.15) is 5.75 Å². The first-order valence-corrected chi connectivity index (χ1v) is 7.65. The average Bonchev–Trinajstić information content (AvgIpc) is 2.79. The van der Waals surface area contributed by atoms with Crippen molar-refractivity contribution < 1.29 is 5.11 Å². The van der Waals surface area contributed by atoms with E-state index in [-0.39, 0.29) is 11.8 Å². The van der Waals surface area contributed by atoms with Crippen molar-refractivity contribution in [2.75, 3.05) is 5.73 Å². The van der Waals surface area contributed by atoms with Gasteiger partial charge in [0.2, 0.25) is 0 Å². The van der Waals surface area contributed by atoms with Crippen molar-refractivity contribution in [3.05, 3.63) is 65.8 Å². The number of benzene rings is 1. The number of nitrogens with zero attached hydrogens (tertiary/aromatic N) is 3. The molecule has 120 valence electrons. The third-order valence-corrected chi connectivity index (χ3v) is 3.64. The van der Waals surface area contributed by atoms with E-state index in [0.717, 1.165) is 11.1 Å². The molecule has 0 amide bonds. The van der Waals surface area contributed by atoms with Crippen LogP contribution in [0.2, 0.25) is 0 Å². The van der Waals surface area contributed by atoms with Gasteiger partial charge >= 0.3 is 0 Å². The number of phenols is 1. The Morgan fingerprint density at radius 2 is 2.00 bits per heavy atom. The van der Waals surface area contributed by atoms with Crippen LogP contribution in [0.5, 0.6) is 5.75 Å². The highest BCUT2D eigenvalue weighted by molar-refractivity contribution is 5.77. The third-order valence-electron chi connectivity index (χ3n) is 3.64. The fourth-order valence-electron chi connectivity index (χ4n) is 2.29. The average molecular weight is 318 g/mol. The molecule has 5 heteroatoms. The number of rotatable bonds is 3. The number of nitrogens with two attached hydrogens (primary N) is 1. The number of phenolic OH excluding ortho intramolecular Hbond substituents is 1. The molecule has 0 spiro atoms. The maximum absolute atomic E-state index is 9.96. The van der Waals surface area contributed by atoms with Crippen LogP contribution in [0.15, 0.2) is 65.2 Å². The van der Waals surface area contributed by atoms with Crippen molar-refractivity contribution in [3.8, 4) is 17.0 Å². The second kappa shape index (κ2) is 6.91. The van der Waals surface area contributed by atoms with E-state index in [0.29, 0.717) is 17.1 Å². The normalized spacial score (nSPS) is 17.0. The molecule has 2 aromatic rings. The first-order chi connectivity index (χ1) is 11.6. The van der Waals surface area contributed by atoms with E-state index in [9.17, 15) is 5.11 Å². The Bertz CT molecular complexity index is 865. The second-order valence-corrected chi connectivity index (χ2v) is 5.49. The van der Waals surface area contributed by atoms with Crippen molar-refractivity contribution in [1.82, 2.24) is 10.2 Å². The van der Waals surface area contributed by atoms with Crippen LogP contribution in [-0.4, -0.2) is 27.6 Å². The van der Waals surface area contributed by atoms with Crippen LogP contribution >= 0.6 is 0 Å². The molecular formula is C19H18N4O. The summed E-state index contributed by atoms with van der Waals surface area (Å²) in [6, 6.07) is 8.99. The molecule has 0 aliphatic carbocycles. The van der Waals surface area contributed by atoms with Gasteiger partial charge in [-0.05, 0) is 36.8 Å². The topological polar surface area (TPSA) is 84.4 Å². The van der Waals surface area contributed by atoms with Crippen LogP contribution < -0.4 is 5.73 Å². The van der Waals surface area contributed by atoms with Gasteiger partial charge in [0.05, 0.1) is 11.7 Å². The van der Waals surface area contributed by atoms with Gasteiger partial charge in [-0.1, -0.05) is 36.4 Å². The largest absolute Gasteiger partial charge is 0.507 e. The number of aromatic nitrogens is 2. The minimum Gasteiger partial charge on any atom is -0.507 e. The van der Waals surface area contributed by atoms with Gasteiger partial charge in [-0.2, -0.15) is 0 Å². The van der Waals surface area contributed by atoms with Crippen LogP contribution in [0.4, 0.5) is 5.82 Å². The highest BCUT2D eigenvalue weighted by Gasteiger charge is 2.08. The summed E-state index contributed by atoms with van der Waals surface area (Å²) >= 11 is 0. The summed E-state index contributed by atoms with van der Waals surface area (Å²) in [7, 11) is 0. The quantitative estimate of drug-likeness (QED) is 0.908. The highest BCUT2D eigenvalue weighted by atomic mass is 16.3. The van der Waals surface area contributed by atoms with E-state index in [2.05, 4.69) is 15.2 Å². The lowest BCUT2D eigenvalue weighted by molar-refractivity contribution is 0.477. The molecule has 1 unspecified atom stereocenters. The van der Waals surface area contributed by atoms with E-state index in [1.54, 1.807) is 24.4 Å². The number of aliphatic imine (C=N–C) groups is 1. The Morgan fingerprint density at radius 1 is 1.17 bits per heavy atom. The number of nitrogen functional groups attached to an aromatic ring is 1. The molecule has 2 heterocycles. The molecule has 3 N–H and O–H groups in total. The summed E-state index contributed by atoms with van der Waals surface area (Å²) in [6.07, 6.45) is 11.6. The lowest BCUT2D eigenvalue weighted by atomic mass is 10.1. The molecule has 1 aliphatic heterocycles. The molecule has 0 bridgehead atoms. The van der Waals surface area contributed by atoms with Gasteiger partial charge < -0.3 is 10.8 Å². The summed E-state index contributed by atoms with van der Waals surface area (Å²) in [4.78, 5) is 4.31. The summed E-state index contributed by atoms with van der Waals surface area (Å²) in [6.45, 7) is 2.02. The molecule has 1 aromatic carbocycles. The van der Waals surface area contributed by atoms with Crippen LogP contribution in [0.3, 0.4) is 0 Å². The molecule has 24 heavy (non-hydrogen) atoms. The fraction of sp³-hybridized carbons (Fsp3) is 0.105. The van der Waals surface area contributed by atoms with Crippen LogP contribution in [-0.2, 0) is 0 Å². The van der Waals surface area contributed by atoms with E-state index >= 15 is 0 Å². The number of para-hydroxylation sites is 1. The number of anilines is 1. The van der Waals surface area contributed by atoms with E-state index in [1.807, 2.05) is 49.4 Å². The first-order valence-electron chi connectivity index (χ1n) is 7.65. The molecule has 0 saturated heterocycles. The van der Waals surface area contributed by atoms with Crippen LogP contribution in [0.1, 0.15) is 12.5 Å². The molecular weight excluding hydrogens is 300 g/mol. The molecule has 0 radical (unpaired) electrons. The van der Waals surface area contributed by atoms with Gasteiger partial charge in [0, 0.05) is 17.3 Å². The minimum atomic E-state index is 0.158. The SMILES string of the molecule is CC1C=CC(/C=C/c2cc(-c3ccccc3O)nnc2N)=CC=N1. The van der Waals surface area contributed by atoms with Crippen molar-refractivity contribution in [1.29, 1.82) is 0 Å². The van der Waals surface area contributed by atoms with Crippen molar-refractivity contribution >= 4 is 18.1 Å². The number of hydrogen-bond acceptors (Lipinski definition) is 5. The Labute approximate surface area is 140 Å². The Hall–Kier alpha value is -3.21. The summed E-state index contributed by atoms with van der Waals surface area (Å²) in [5.41, 5.74) is 8.87. The smallest absolute Gasteiger partial charge is 0.153 e. The lowest BCUT2D eigenvalue weighted by Crippen LogP contribution is -1.98. The minimum absolute atomic E-state index is 0.158. The van der Waals surface area contributed by atoms with Gasteiger partial charge in [0.25, 0.3) is 0 Å². The summed E-state index contributed by atoms with van der Waals surface area (Å²) in [5.74, 6) is 0.497. The highest BCUT2D eigenvalue weighted by Crippen LogP contribution is 2.28. The van der Waals surface area contributed by atoms with Crippen molar-refractivity contribution in [2.45, 2.75) is 13.0 Å². The first kappa shape index (κ1) is 15.7. The Kier molecular flexibility index (Phi) is 4.52. The molecule has 3 rings (SSSR count). The molecule has 0 fully saturated rings. The molecule has 1 aliphatic rings. The van der Waals surface area contributed by atoms with Gasteiger partial charge in [-0.3, -0.25) is 4.99 Å². The maximum Gasteiger partial charge on any atom is 0.153 e. The zero-order valence-electron chi connectivity index (χ0n) is 13.3. The molecule has 1 atom stereocenters.